The molecule has 0 unspecified atom stereocenters. The van der Waals surface area contributed by atoms with Gasteiger partial charge in [0.2, 0.25) is 0 Å². The molecular weight excluding hydrogens is 228 g/mol. The van der Waals surface area contributed by atoms with Crippen LogP contribution >= 0.6 is 11.3 Å². The molecule has 0 saturated heterocycles. The maximum Gasteiger partial charge on any atom is 0.127 e. The Morgan fingerprint density at radius 1 is 1.18 bits per heavy atom. The topological polar surface area (TPSA) is 36.7 Å². The van der Waals surface area contributed by atoms with Crippen molar-refractivity contribution in [3.05, 3.63) is 51.0 Å². The Morgan fingerprint density at radius 3 is 2.47 bits per heavy atom. The van der Waals surface area contributed by atoms with E-state index >= 15 is 0 Å². The molecule has 0 aliphatic carbocycles. The molecule has 0 aliphatic heterocycles. The van der Waals surface area contributed by atoms with Gasteiger partial charge in [-0.2, -0.15) is 5.26 Å². The fourth-order valence-corrected chi connectivity index (χ4v) is 2.53. The van der Waals surface area contributed by atoms with Crippen molar-refractivity contribution < 1.29 is 0 Å². The first-order valence-electron chi connectivity index (χ1n) is 5.61. The van der Waals surface area contributed by atoms with E-state index in [-0.39, 0.29) is 0 Å². The molecule has 0 N–H and O–H groups in total. The van der Waals surface area contributed by atoms with Crippen LogP contribution in [0.15, 0.2) is 24.3 Å². The number of aromatic nitrogens is 1. The van der Waals surface area contributed by atoms with Crippen LogP contribution in [0.4, 0.5) is 0 Å². The standard InChI is InChI=1S/C14H14N2S/c1-10-3-5-12(6-4-10)7-8-14-16-11(2)13(9-15)17-14/h3-6H,7-8H2,1-2H3. The van der Waals surface area contributed by atoms with E-state index in [0.717, 1.165) is 28.4 Å². The SMILES string of the molecule is Cc1ccc(CCc2nc(C)c(C#N)s2)cc1. The van der Waals surface area contributed by atoms with Gasteiger partial charge in [0.25, 0.3) is 0 Å². The average molecular weight is 242 g/mol. The summed E-state index contributed by atoms with van der Waals surface area (Å²) in [5, 5.41) is 9.92. The summed E-state index contributed by atoms with van der Waals surface area (Å²) < 4.78 is 0. The molecule has 1 heterocycles. The Balaban J connectivity index is 2.02. The van der Waals surface area contributed by atoms with E-state index in [1.54, 1.807) is 0 Å². The first-order valence-corrected chi connectivity index (χ1v) is 6.42. The molecule has 86 valence electrons. The van der Waals surface area contributed by atoms with Crippen LogP contribution in [-0.2, 0) is 12.8 Å². The summed E-state index contributed by atoms with van der Waals surface area (Å²) in [6.07, 6.45) is 1.90. The van der Waals surface area contributed by atoms with Crippen molar-refractivity contribution in [2.24, 2.45) is 0 Å². The van der Waals surface area contributed by atoms with E-state index in [9.17, 15) is 0 Å². The predicted octanol–water partition coefficient (Wildman–Crippen LogP) is 3.42. The number of benzene rings is 1. The van der Waals surface area contributed by atoms with Gasteiger partial charge in [0, 0.05) is 6.42 Å². The van der Waals surface area contributed by atoms with Crippen LogP contribution < -0.4 is 0 Å². The van der Waals surface area contributed by atoms with E-state index in [1.165, 1.54) is 22.5 Å². The van der Waals surface area contributed by atoms with Crippen LogP contribution in [0.3, 0.4) is 0 Å². The molecule has 2 aromatic rings. The molecule has 0 spiro atoms. The quantitative estimate of drug-likeness (QED) is 0.827. The predicted molar refractivity (Wildman–Crippen MR) is 70.2 cm³/mol. The van der Waals surface area contributed by atoms with Crippen LogP contribution in [0.1, 0.15) is 26.7 Å². The third kappa shape index (κ3) is 2.92. The highest BCUT2D eigenvalue weighted by Crippen LogP contribution is 2.18. The van der Waals surface area contributed by atoms with Crippen molar-refractivity contribution in [1.29, 1.82) is 5.26 Å². The zero-order valence-corrected chi connectivity index (χ0v) is 10.8. The van der Waals surface area contributed by atoms with Crippen molar-refractivity contribution in [1.82, 2.24) is 4.98 Å². The molecule has 17 heavy (non-hydrogen) atoms. The van der Waals surface area contributed by atoms with E-state index < -0.39 is 0 Å². The van der Waals surface area contributed by atoms with E-state index in [2.05, 4.69) is 42.2 Å². The molecule has 0 bridgehead atoms. The van der Waals surface area contributed by atoms with Gasteiger partial charge in [-0.15, -0.1) is 11.3 Å². The minimum absolute atomic E-state index is 0.740. The molecule has 2 nitrogen and oxygen atoms in total. The minimum atomic E-state index is 0.740. The number of hydrogen-bond acceptors (Lipinski definition) is 3. The van der Waals surface area contributed by atoms with Gasteiger partial charge in [-0.3, -0.25) is 0 Å². The van der Waals surface area contributed by atoms with Crippen LogP contribution in [0, 0.1) is 25.2 Å². The highest BCUT2D eigenvalue weighted by Gasteiger charge is 2.06. The maximum absolute atomic E-state index is 8.87. The lowest BCUT2D eigenvalue weighted by Crippen LogP contribution is -1.90. The molecule has 1 aromatic heterocycles. The third-order valence-electron chi connectivity index (χ3n) is 2.69. The van der Waals surface area contributed by atoms with E-state index in [0.29, 0.717) is 0 Å². The molecule has 0 aliphatic rings. The summed E-state index contributed by atoms with van der Waals surface area (Å²) in [6.45, 7) is 3.98. The molecule has 0 amide bonds. The number of thiazole rings is 1. The molecule has 0 atom stereocenters. The fourth-order valence-electron chi connectivity index (χ4n) is 1.67. The molecule has 2 rings (SSSR count). The second kappa shape index (κ2) is 5.11. The van der Waals surface area contributed by atoms with Gasteiger partial charge in [0.05, 0.1) is 10.7 Å². The molecule has 0 saturated carbocycles. The number of rotatable bonds is 3. The second-order valence-corrected chi connectivity index (χ2v) is 5.20. The van der Waals surface area contributed by atoms with Crippen LogP contribution in [0.2, 0.25) is 0 Å². The van der Waals surface area contributed by atoms with Gasteiger partial charge in [-0.05, 0) is 25.8 Å². The number of aryl methyl sites for hydroxylation is 4. The van der Waals surface area contributed by atoms with Crippen LogP contribution in [-0.4, -0.2) is 4.98 Å². The highest BCUT2D eigenvalue weighted by atomic mass is 32.1. The summed E-state index contributed by atoms with van der Waals surface area (Å²) >= 11 is 1.51. The summed E-state index contributed by atoms with van der Waals surface area (Å²) in [4.78, 5) is 5.15. The molecular formula is C14H14N2S. The average Bonchev–Trinajstić information content (AvgIpc) is 2.69. The normalized spacial score (nSPS) is 10.2. The molecule has 3 heteroatoms. The van der Waals surface area contributed by atoms with E-state index in [4.69, 9.17) is 5.26 Å². The van der Waals surface area contributed by atoms with Gasteiger partial charge >= 0.3 is 0 Å². The summed E-state index contributed by atoms with van der Waals surface area (Å²) in [6, 6.07) is 10.7. The van der Waals surface area contributed by atoms with E-state index in [1.807, 2.05) is 6.92 Å². The van der Waals surface area contributed by atoms with Crippen molar-refractivity contribution in [3.8, 4) is 6.07 Å². The van der Waals surface area contributed by atoms with Crippen LogP contribution in [0.25, 0.3) is 0 Å². The Kier molecular flexibility index (Phi) is 3.55. The van der Waals surface area contributed by atoms with Gasteiger partial charge < -0.3 is 0 Å². The largest absolute Gasteiger partial charge is 0.245 e. The van der Waals surface area contributed by atoms with Crippen molar-refractivity contribution in [3.63, 3.8) is 0 Å². The molecule has 1 aromatic carbocycles. The lowest BCUT2D eigenvalue weighted by atomic mass is 10.1. The molecule has 0 fully saturated rings. The smallest absolute Gasteiger partial charge is 0.127 e. The first kappa shape index (κ1) is 11.8. The summed E-state index contributed by atoms with van der Waals surface area (Å²) in [5.74, 6) is 0. The Labute approximate surface area is 106 Å². The lowest BCUT2D eigenvalue weighted by Gasteiger charge is -1.99. The monoisotopic (exact) mass is 242 g/mol. The zero-order chi connectivity index (χ0) is 12.3. The van der Waals surface area contributed by atoms with Crippen molar-refractivity contribution in [2.75, 3.05) is 0 Å². The number of nitriles is 1. The lowest BCUT2D eigenvalue weighted by molar-refractivity contribution is 0.935. The minimum Gasteiger partial charge on any atom is -0.245 e. The summed E-state index contributed by atoms with van der Waals surface area (Å²) in [7, 11) is 0. The Bertz CT molecular complexity index is 547. The zero-order valence-electron chi connectivity index (χ0n) is 10.0. The maximum atomic E-state index is 8.87. The van der Waals surface area contributed by atoms with Crippen molar-refractivity contribution >= 4 is 11.3 Å². The van der Waals surface area contributed by atoms with Crippen LogP contribution in [0.5, 0.6) is 0 Å². The number of nitrogens with zero attached hydrogens (tertiary/aromatic N) is 2. The number of hydrogen-bond donors (Lipinski definition) is 0. The van der Waals surface area contributed by atoms with Gasteiger partial charge in [0.1, 0.15) is 10.9 Å². The highest BCUT2D eigenvalue weighted by molar-refractivity contribution is 7.12. The van der Waals surface area contributed by atoms with Crippen molar-refractivity contribution in [2.45, 2.75) is 26.7 Å². The first-order chi connectivity index (χ1) is 8.19. The van der Waals surface area contributed by atoms with Gasteiger partial charge in [-0.1, -0.05) is 29.8 Å². The second-order valence-electron chi connectivity index (χ2n) is 4.12. The van der Waals surface area contributed by atoms with Gasteiger partial charge in [-0.25, -0.2) is 4.98 Å². The van der Waals surface area contributed by atoms with Gasteiger partial charge in [0.15, 0.2) is 0 Å². The third-order valence-corrected chi connectivity index (χ3v) is 3.81. The summed E-state index contributed by atoms with van der Waals surface area (Å²) in [5.41, 5.74) is 3.46. The Morgan fingerprint density at radius 2 is 1.88 bits per heavy atom. The fraction of sp³-hybridized carbons (Fsp3) is 0.286. The Hall–Kier alpha value is -1.66. The molecule has 0 radical (unpaired) electrons.